The summed E-state index contributed by atoms with van der Waals surface area (Å²) in [6.45, 7) is 9.11. The number of halogens is 3. The number of benzene rings is 2. The summed E-state index contributed by atoms with van der Waals surface area (Å²) in [5.41, 5.74) is 5.68. The van der Waals surface area contributed by atoms with Gasteiger partial charge >= 0.3 is 6.29 Å². The molecule has 5 rings (SSSR count). The molecular formula is C31H33ClF2N4O3. The Morgan fingerprint density at radius 1 is 1.07 bits per heavy atom. The van der Waals surface area contributed by atoms with Crippen LogP contribution in [0, 0.1) is 5.41 Å². The lowest BCUT2D eigenvalue weighted by Crippen LogP contribution is -2.50. The van der Waals surface area contributed by atoms with Crippen molar-refractivity contribution in [2.75, 3.05) is 11.4 Å². The molecule has 1 N–H and O–H groups in total. The smallest absolute Gasteiger partial charge is 0.365 e. The van der Waals surface area contributed by atoms with E-state index in [9.17, 15) is 18.4 Å². The number of hydrogen-bond acceptors (Lipinski definition) is 6. The summed E-state index contributed by atoms with van der Waals surface area (Å²) in [6.07, 6.45) is 2.63. The molecular weight excluding hydrogens is 550 g/mol. The number of carbonyl (C=O) groups is 3. The fraction of sp³-hybridized carbons (Fsp3) is 0.387. The summed E-state index contributed by atoms with van der Waals surface area (Å²) >= 11 is 6.04. The number of Topliss-reactive ketones (excluding diaryl/α,β-unsaturated/α-hetero) is 1. The van der Waals surface area contributed by atoms with Gasteiger partial charge in [-0.1, -0.05) is 44.5 Å². The van der Waals surface area contributed by atoms with Crippen molar-refractivity contribution in [3.8, 4) is 11.3 Å². The van der Waals surface area contributed by atoms with Gasteiger partial charge in [0.15, 0.2) is 5.78 Å². The zero-order valence-electron chi connectivity index (χ0n) is 23.5. The minimum Gasteiger partial charge on any atom is -0.365 e. The largest absolute Gasteiger partial charge is 0.483 e. The molecule has 2 aliphatic rings. The predicted octanol–water partition coefficient (Wildman–Crippen LogP) is 6.88. The summed E-state index contributed by atoms with van der Waals surface area (Å²) in [7, 11) is 0. The summed E-state index contributed by atoms with van der Waals surface area (Å²) in [5, 5.41) is 3.87. The van der Waals surface area contributed by atoms with Crippen molar-refractivity contribution in [2.24, 2.45) is 5.41 Å². The third-order valence-electron chi connectivity index (χ3n) is 7.29. The van der Waals surface area contributed by atoms with Crippen LogP contribution in [-0.2, 0) is 11.2 Å². The van der Waals surface area contributed by atoms with E-state index in [1.54, 1.807) is 19.4 Å². The molecule has 1 aliphatic heterocycles. The maximum Gasteiger partial charge on any atom is 0.483 e. The Balaban J connectivity index is 0.000000909. The summed E-state index contributed by atoms with van der Waals surface area (Å²) in [5.74, 6) is 0.285. The van der Waals surface area contributed by atoms with Crippen molar-refractivity contribution in [1.29, 1.82) is 0 Å². The lowest BCUT2D eigenvalue weighted by molar-refractivity contribution is -0.119. The molecule has 10 heteroatoms. The van der Waals surface area contributed by atoms with Crippen LogP contribution >= 0.6 is 11.6 Å². The van der Waals surface area contributed by atoms with E-state index in [-0.39, 0.29) is 35.1 Å². The third-order valence-corrected chi connectivity index (χ3v) is 7.54. The van der Waals surface area contributed by atoms with E-state index in [0.29, 0.717) is 17.0 Å². The number of nitrogens with one attached hydrogen (secondary N) is 1. The van der Waals surface area contributed by atoms with Crippen molar-refractivity contribution < 1.29 is 23.2 Å². The van der Waals surface area contributed by atoms with Crippen LogP contribution in [0.4, 0.5) is 19.3 Å². The van der Waals surface area contributed by atoms with Crippen molar-refractivity contribution in [1.82, 2.24) is 15.3 Å². The topological polar surface area (TPSA) is 92.3 Å². The van der Waals surface area contributed by atoms with Crippen molar-refractivity contribution in [3.63, 3.8) is 0 Å². The fourth-order valence-corrected chi connectivity index (χ4v) is 6.10. The summed E-state index contributed by atoms with van der Waals surface area (Å²) in [4.78, 5) is 44.9. The molecule has 1 aromatic heterocycles. The fourth-order valence-electron chi connectivity index (χ4n) is 5.97. The Hall–Kier alpha value is -3.72. The molecule has 0 saturated heterocycles. The zero-order valence-corrected chi connectivity index (χ0v) is 24.2. The van der Waals surface area contributed by atoms with Crippen LogP contribution in [0.3, 0.4) is 0 Å². The Morgan fingerprint density at radius 2 is 1.76 bits per heavy atom. The van der Waals surface area contributed by atoms with Crippen LogP contribution in [0.25, 0.3) is 11.3 Å². The highest BCUT2D eigenvalue weighted by Crippen LogP contribution is 2.53. The first kappa shape index (κ1) is 30.2. The van der Waals surface area contributed by atoms with Crippen LogP contribution in [0.15, 0.2) is 55.0 Å². The summed E-state index contributed by atoms with van der Waals surface area (Å²) in [6, 6.07) is 13.6. The van der Waals surface area contributed by atoms with E-state index in [1.165, 1.54) is 5.56 Å². The van der Waals surface area contributed by atoms with E-state index in [1.807, 2.05) is 36.4 Å². The van der Waals surface area contributed by atoms with Crippen molar-refractivity contribution in [2.45, 2.75) is 65.0 Å². The molecule has 7 nitrogen and oxygen atoms in total. The van der Waals surface area contributed by atoms with E-state index in [4.69, 9.17) is 16.4 Å². The second kappa shape index (κ2) is 12.4. The van der Waals surface area contributed by atoms with Gasteiger partial charge in [-0.15, -0.1) is 8.78 Å². The van der Waals surface area contributed by atoms with Crippen LogP contribution in [0.2, 0.25) is 5.02 Å². The van der Waals surface area contributed by atoms with Gasteiger partial charge in [0.1, 0.15) is 6.33 Å². The van der Waals surface area contributed by atoms with Crippen LogP contribution in [-0.4, -0.2) is 46.6 Å². The van der Waals surface area contributed by atoms with Crippen LogP contribution in [0.5, 0.6) is 0 Å². The minimum atomic E-state index is -2.83. The highest BCUT2D eigenvalue weighted by atomic mass is 35.5. The zero-order chi connectivity index (χ0) is 29.9. The maximum atomic E-state index is 13.6. The van der Waals surface area contributed by atoms with Gasteiger partial charge in [-0.05, 0) is 59.7 Å². The standard InChI is InChI=1S/C30H33ClN4O2.CF2O/c1-18(36)34-26-10-9-22-23-14-20(27(37)13-19-5-7-21(31)8-6-19)15-24(25-11-12-32-17-33-25)28(23)35(29(22)26)16-30(2,3)4;2-1(3)4/h5-8,11-12,14-15,17,22,26,29H,9-10,13,16H2,1-4H3,(H,34,36);. The molecule has 0 spiro atoms. The SMILES string of the molecule is CC(=O)NC1CCC2c3cc(C(=O)Cc4ccc(Cl)cc4)cc(-c4ccncn4)c3N(CC(C)(C)C)C12.O=C(F)F. The second-order valence-electron chi connectivity index (χ2n) is 11.7. The molecule has 1 amide bonds. The molecule has 0 radical (unpaired) electrons. The Kier molecular flexibility index (Phi) is 9.17. The Morgan fingerprint density at radius 3 is 2.34 bits per heavy atom. The van der Waals surface area contributed by atoms with Gasteiger partial charge in [0.25, 0.3) is 0 Å². The van der Waals surface area contributed by atoms with Gasteiger partial charge in [-0.3, -0.25) is 9.59 Å². The van der Waals surface area contributed by atoms with Gasteiger partial charge < -0.3 is 10.2 Å². The first-order valence-electron chi connectivity index (χ1n) is 13.4. The van der Waals surface area contributed by atoms with Crippen molar-refractivity contribution in [3.05, 3.63) is 76.7 Å². The second-order valence-corrected chi connectivity index (χ2v) is 12.1. The molecule has 216 valence electrons. The molecule has 0 bridgehead atoms. The molecule has 3 aromatic rings. The maximum absolute atomic E-state index is 13.6. The van der Waals surface area contributed by atoms with Gasteiger partial charge in [-0.25, -0.2) is 14.8 Å². The van der Waals surface area contributed by atoms with Gasteiger partial charge in [0.05, 0.1) is 17.4 Å². The number of anilines is 1. The quantitative estimate of drug-likeness (QED) is 0.251. The first-order valence-corrected chi connectivity index (χ1v) is 13.8. The van der Waals surface area contributed by atoms with Gasteiger partial charge in [0, 0.05) is 54.2 Å². The Labute approximate surface area is 243 Å². The minimum absolute atomic E-state index is 0.00725. The average molecular weight is 583 g/mol. The normalized spacial score (nSPS) is 19.1. The molecule has 41 heavy (non-hydrogen) atoms. The number of aromatic nitrogens is 2. The van der Waals surface area contributed by atoms with Gasteiger partial charge in [-0.2, -0.15) is 0 Å². The van der Waals surface area contributed by atoms with Crippen LogP contribution in [0.1, 0.15) is 67.9 Å². The molecule has 2 heterocycles. The van der Waals surface area contributed by atoms with Crippen molar-refractivity contribution >= 4 is 35.3 Å². The highest BCUT2D eigenvalue weighted by molar-refractivity contribution is 6.30. The monoisotopic (exact) mass is 582 g/mol. The molecule has 1 saturated carbocycles. The highest BCUT2D eigenvalue weighted by Gasteiger charge is 2.49. The number of hydrogen-bond donors (Lipinski definition) is 1. The third kappa shape index (κ3) is 7.33. The Bertz CT molecular complexity index is 1420. The number of rotatable bonds is 6. The number of nitrogens with zero attached hydrogens (tertiary/aromatic N) is 3. The molecule has 3 atom stereocenters. The first-order chi connectivity index (χ1) is 19.3. The summed E-state index contributed by atoms with van der Waals surface area (Å²) < 4.78 is 19.4. The van der Waals surface area contributed by atoms with Crippen LogP contribution < -0.4 is 10.2 Å². The number of ketones is 1. The molecule has 1 fully saturated rings. The molecule has 1 aliphatic carbocycles. The van der Waals surface area contributed by atoms with E-state index >= 15 is 0 Å². The lowest BCUT2D eigenvalue weighted by atomic mass is 9.90. The predicted molar refractivity (Wildman–Crippen MR) is 155 cm³/mol. The van der Waals surface area contributed by atoms with E-state index in [0.717, 1.165) is 41.9 Å². The molecule has 2 aromatic carbocycles. The van der Waals surface area contributed by atoms with Gasteiger partial charge in [0.2, 0.25) is 5.91 Å². The molecule has 3 unspecified atom stereocenters. The number of fused-ring (bicyclic) bond motifs is 3. The lowest BCUT2D eigenvalue weighted by Gasteiger charge is -2.37. The number of amides is 1. The average Bonchev–Trinajstić information content (AvgIpc) is 3.43. The van der Waals surface area contributed by atoms with E-state index in [2.05, 4.69) is 47.0 Å². The van der Waals surface area contributed by atoms with E-state index < -0.39 is 6.29 Å². The number of carbonyl (C=O) groups excluding carboxylic acids is 3.